The minimum absolute atomic E-state index is 0. The first-order chi connectivity index (χ1) is 6.95. The van der Waals surface area contributed by atoms with E-state index < -0.39 is 26.6 Å². The van der Waals surface area contributed by atoms with Crippen molar-refractivity contribution in [2.24, 2.45) is 0 Å². The molecule has 0 spiro atoms. The summed E-state index contributed by atoms with van der Waals surface area (Å²) in [6.45, 7) is 1.18. The van der Waals surface area contributed by atoms with Crippen LogP contribution in [0.4, 0.5) is 9.59 Å². The van der Waals surface area contributed by atoms with Crippen LogP contribution in [-0.4, -0.2) is 18.0 Å². The van der Waals surface area contributed by atoms with Crippen LogP contribution in [0.15, 0.2) is 0 Å². The van der Waals surface area contributed by atoms with Crippen LogP contribution in [0.25, 0.3) is 0 Å². The Morgan fingerprint density at radius 2 is 1.10 bits per heavy atom. The van der Waals surface area contributed by atoms with E-state index >= 15 is 0 Å². The molecule has 96 valence electrons. The Balaban J connectivity index is -0.0000000307. The third-order valence-electron chi connectivity index (χ3n) is 0.746. The number of rotatable bonds is 4. The first-order valence-electron chi connectivity index (χ1n) is 3.35. The molecule has 0 aliphatic carbocycles. The van der Waals surface area contributed by atoms with E-state index in [4.69, 9.17) is 24.3 Å². The molecule has 17 heteroatoms. The minimum Gasteiger partial charge on any atom is -0.807 e. The van der Waals surface area contributed by atoms with Gasteiger partial charge in [-0.3, -0.25) is 0 Å². The van der Waals surface area contributed by atoms with E-state index in [1.54, 1.807) is 0 Å². The standard InChI is InChI=1S/C3H7O5P.CH3O5P.5Na/c1-2-8-9(6,7)3(4)5;2-1(3)7(4,5)6;;;;;/h2H2,1H3,(H,4,5)(H,6,7);(H,2,3)(H2,4,5,6);;;;;/q;;5*+1/p-5. The smallest absolute Gasteiger partial charge is 0.807 e. The van der Waals surface area contributed by atoms with E-state index in [0.29, 0.717) is 0 Å². The van der Waals surface area contributed by atoms with Crippen molar-refractivity contribution in [3.63, 3.8) is 0 Å². The Morgan fingerprint density at radius 1 is 0.857 bits per heavy atom. The van der Waals surface area contributed by atoms with Crippen molar-refractivity contribution in [2.75, 3.05) is 6.61 Å². The van der Waals surface area contributed by atoms with E-state index in [9.17, 15) is 19.4 Å². The number of hydrogen-bond donors (Lipinski definition) is 0. The topological polar surface area (TPSA) is 193 Å². The molecule has 10 nitrogen and oxygen atoms in total. The zero-order valence-electron chi connectivity index (χ0n) is 12.7. The third kappa shape index (κ3) is 29.3. The molecule has 0 aromatic rings. The molecule has 0 radical (unpaired) electrons. The van der Waals surface area contributed by atoms with Crippen molar-refractivity contribution in [3.05, 3.63) is 0 Å². The van der Waals surface area contributed by atoms with Gasteiger partial charge in [-0.25, -0.2) is 0 Å². The Hall–Kier alpha value is 4.24. The van der Waals surface area contributed by atoms with Crippen LogP contribution in [-0.2, 0) is 13.7 Å². The molecule has 0 N–H and O–H groups in total. The van der Waals surface area contributed by atoms with E-state index in [0.717, 1.165) is 0 Å². The monoisotopic (exact) mass is 390 g/mol. The molecule has 0 aliphatic heterocycles. The molecule has 0 bridgehead atoms. The number of carbonyl (C=O) groups excluding carboxylic acids is 2. The fourth-order valence-electron chi connectivity index (χ4n) is 0.223. The van der Waals surface area contributed by atoms with Gasteiger partial charge in [0.15, 0.2) is 7.60 Å². The van der Waals surface area contributed by atoms with Crippen molar-refractivity contribution in [3.8, 4) is 0 Å². The van der Waals surface area contributed by atoms with Gasteiger partial charge in [-0.1, -0.05) is 0 Å². The summed E-state index contributed by atoms with van der Waals surface area (Å²) in [5.41, 5.74) is -4.74. The first kappa shape index (κ1) is 44.6. The van der Waals surface area contributed by atoms with Crippen LogP contribution in [0.2, 0.25) is 0 Å². The van der Waals surface area contributed by atoms with Gasteiger partial charge in [0.2, 0.25) is 0 Å². The van der Waals surface area contributed by atoms with Gasteiger partial charge in [0.1, 0.15) is 5.71 Å². The maximum atomic E-state index is 10.1. The Bertz CT molecular complexity index is 357. The fraction of sp³-hybridized carbons (Fsp3) is 0.500. The molecular weight excluding hydrogens is 385 g/mol. The van der Waals surface area contributed by atoms with Crippen molar-refractivity contribution in [1.29, 1.82) is 0 Å². The van der Waals surface area contributed by atoms with Gasteiger partial charge >= 0.3 is 148 Å². The van der Waals surface area contributed by atoms with Crippen LogP contribution < -0.4 is 173 Å². The molecule has 0 aliphatic rings. The van der Waals surface area contributed by atoms with Crippen LogP contribution in [0.1, 0.15) is 6.92 Å². The Labute approximate surface area is 231 Å². The van der Waals surface area contributed by atoms with Gasteiger partial charge in [-0.15, -0.1) is 0 Å². The summed E-state index contributed by atoms with van der Waals surface area (Å²) >= 11 is 0. The predicted octanol–water partition coefficient (Wildman–Crippen LogP) is -18.8. The molecule has 0 fully saturated rings. The van der Waals surface area contributed by atoms with Crippen LogP contribution in [0.3, 0.4) is 0 Å². The molecule has 1 unspecified atom stereocenters. The van der Waals surface area contributed by atoms with Crippen molar-refractivity contribution in [2.45, 2.75) is 6.92 Å². The zero-order chi connectivity index (χ0) is 13.6. The van der Waals surface area contributed by atoms with E-state index in [2.05, 4.69) is 4.52 Å². The summed E-state index contributed by atoms with van der Waals surface area (Å²) in [6, 6.07) is 0. The molecule has 0 saturated heterocycles. The second-order valence-electron chi connectivity index (χ2n) is 1.94. The molecule has 0 saturated carbocycles. The minimum atomic E-state index is -5.43. The summed E-state index contributed by atoms with van der Waals surface area (Å²) < 4.78 is 23.0. The molecule has 0 aromatic heterocycles. The predicted molar refractivity (Wildman–Crippen MR) is 37.6 cm³/mol. The number of carboxylic acid groups (broad SMARTS) is 2. The van der Waals surface area contributed by atoms with E-state index in [1.165, 1.54) is 6.92 Å². The van der Waals surface area contributed by atoms with E-state index in [1.807, 2.05) is 0 Å². The second-order valence-corrected chi connectivity index (χ2v) is 4.92. The van der Waals surface area contributed by atoms with Crippen molar-refractivity contribution >= 4 is 26.6 Å². The zero-order valence-corrected chi connectivity index (χ0v) is 24.5. The summed E-state index contributed by atoms with van der Waals surface area (Å²) in [7, 11) is -10.1. The first-order valence-corrected chi connectivity index (χ1v) is 6.44. The van der Waals surface area contributed by atoms with Crippen LogP contribution >= 0.6 is 15.2 Å². The normalized spacial score (nSPS) is 10.9. The molecular formula is C4H5Na5O10P2. The maximum Gasteiger partial charge on any atom is 1.00 e. The van der Waals surface area contributed by atoms with Crippen LogP contribution in [0.5, 0.6) is 0 Å². The van der Waals surface area contributed by atoms with Gasteiger partial charge in [0.25, 0.3) is 0 Å². The van der Waals surface area contributed by atoms with Gasteiger partial charge < -0.3 is 48.1 Å². The molecule has 0 rings (SSSR count). The second kappa shape index (κ2) is 22.3. The number of hydrogen-bond acceptors (Lipinski definition) is 10. The van der Waals surface area contributed by atoms with Crippen molar-refractivity contribution in [1.82, 2.24) is 0 Å². The van der Waals surface area contributed by atoms with Crippen LogP contribution in [0, 0.1) is 0 Å². The molecule has 1 atom stereocenters. The largest absolute Gasteiger partial charge is 1.00 e. The number of carbonyl (C=O) groups is 2. The quantitative estimate of drug-likeness (QED) is 0.329. The summed E-state index contributed by atoms with van der Waals surface area (Å²) in [4.78, 5) is 47.0. The summed E-state index contributed by atoms with van der Waals surface area (Å²) in [5.74, 6) is 0. The Kier molecular flexibility index (Phi) is 47.3. The average Bonchev–Trinajstić information content (AvgIpc) is 2.02. The summed E-state index contributed by atoms with van der Waals surface area (Å²) in [5, 5.41) is 18.6. The van der Waals surface area contributed by atoms with E-state index in [-0.39, 0.29) is 154 Å². The summed E-state index contributed by atoms with van der Waals surface area (Å²) in [6.07, 6.45) is 0. The third-order valence-corrected chi connectivity index (χ3v) is 2.24. The maximum absolute atomic E-state index is 10.1. The molecule has 0 heterocycles. The SMILES string of the molecule is CCOP(=O)([O-])C(=O)[O-].O=C([O-])P(=O)([O-])[O-].[Na+].[Na+].[Na+].[Na+].[Na+]. The van der Waals surface area contributed by atoms with Gasteiger partial charge in [-0.05, 0) is 14.5 Å². The molecule has 0 aromatic carbocycles. The van der Waals surface area contributed by atoms with Gasteiger partial charge in [0, 0.05) is 0 Å². The van der Waals surface area contributed by atoms with Crippen molar-refractivity contribution < 1.29 is 196 Å². The average molecular weight is 390 g/mol. The molecule has 21 heavy (non-hydrogen) atoms. The molecule has 0 amide bonds. The Morgan fingerprint density at radius 3 is 1.14 bits per heavy atom. The fourth-order valence-corrected chi connectivity index (χ4v) is 0.668. The van der Waals surface area contributed by atoms with Gasteiger partial charge in [-0.2, -0.15) is 0 Å². The van der Waals surface area contributed by atoms with Gasteiger partial charge in [0.05, 0.1) is 12.3 Å².